The number of nitrogens with zero attached hydrogens (tertiary/aromatic N) is 4. The number of piperidine rings is 1. The standard InChI is InChI=1S/C30H28N6O2/c1-20-12-13-22-23(8-4-10-26(22)37-27-11-2-3-16-32-27)28(20)38-29-24(9-6-17-33-29)25-14-18-34-30(36-25)35-21-7-5-15-31-19-21/h2-4,6,8-14,16-18,21,31H,5,7,15,19H2,1H3,(H,34,35,36)/t21-/m0/s1. The highest BCUT2D eigenvalue weighted by Crippen LogP contribution is 2.40. The number of nitrogens with one attached hydrogen (secondary N) is 2. The summed E-state index contributed by atoms with van der Waals surface area (Å²) in [6.45, 7) is 3.98. The van der Waals surface area contributed by atoms with E-state index in [1.807, 2.05) is 73.7 Å². The first-order valence-electron chi connectivity index (χ1n) is 12.8. The summed E-state index contributed by atoms with van der Waals surface area (Å²) < 4.78 is 12.6. The van der Waals surface area contributed by atoms with Crippen LogP contribution in [0.1, 0.15) is 18.4 Å². The molecule has 1 saturated heterocycles. The molecule has 0 radical (unpaired) electrons. The van der Waals surface area contributed by atoms with Gasteiger partial charge in [0.05, 0.1) is 11.3 Å². The number of pyridine rings is 2. The zero-order chi connectivity index (χ0) is 25.7. The summed E-state index contributed by atoms with van der Waals surface area (Å²) in [4.78, 5) is 18.1. The van der Waals surface area contributed by atoms with Crippen LogP contribution < -0.4 is 20.1 Å². The van der Waals surface area contributed by atoms with Gasteiger partial charge < -0.3 is 20.1 Å². The molecule has 0 aliphatic carbocycles. The second-order valence-corrected chi connectivity index (χ2v) is 9.24. The molecule has 0 saturated carbocycles. The van der Waals surface area contributed by atoms with Crippen molar-refractivity contribution in [3.8, 4) is 34.5 Å². The minimum Gasteiger partial charge on any atom is -0.438 e. The Kier molecular flexibility index (Phi) is 6.78. The molecule has 5 aromatic rings. The normalized spacial score (nSPS) is 15.2. The summed E-state index contributed by atoms with van der Waals surface area (Å²) in [5.41, 5.74) is 2.52. The maximum atomic E-state index is 6.53. The second-order valence-electron chi connectivity index (χ2n) is 9.24. The molecule has 8 nitrogen and oxygen atoms in total. The molecule has 8 heteroatoms. The molecule has 0 spiro atoms. The van der Waals surface area contributed by atoms with Crippen molar-refractivity contribution in [1.29, 1.82) is 0 Å². The van der Waals surface area contributed by atoms with Crippen LogP contribution in [0.25, 0.3) is 22.0 Å². The van der Waals surface area contributed by atoms with Gasteiger partial charge in [-0.25, -0.2) is 19.9 Å². The number of hydrogen-bond donors (Lipinski definition) is 2. The number of rotatable bonds is 7. The van der Waals surface area contributed by atoms with Gasteiger partial charge in [0.2, 0.25) is 17.7 Å². The number of fused-ring (bicyclic) bond motifs is 1. The average Bonchev–Trinajstić information content (AvgIpc) is 2.96. The summed E-state index contributed by atoms with van der Waals surface area (Å²) in [5.74, 6) is 3.03. The molecule has 1 fully saturated rings. The van der Waals surface area contributed by atoms with E-state index >= 15 is 0 Å². The predicted octanol–water partition coefficient (Wildman–Crippen LogP) is 6.14. The zero-order valence-corrected chi connectivity index (χ0v) is 21.1. The van der Waals surface area contributed by atoms with Crippen LogP contribution in [0.5, 0.6) is 23.3 Å². The average molecular weight is 505 g/mol. The number of hydrogen-bond acceptors (Lipinski definition) is 8. The minimum atomic E-state index is 0.310. The van der Waals surface area contributed by atoms with Gasteiger partial charge in [0, 0.05) is 48.0 Å². The summed E-state index contributed by atoms with van der Waals surface area (Å²) >= 11 is 0. The number of aryl methyl sites for hydroxylation is 1. The lowest BCUT2D eigenvalue weighted by Crippen LogP contribution is -2.38. The van der Waals surface area contributed by atoms with Crippen molar-refractivity contribution in [2.45, 2.75) is 25.8 Å². The molecule has 0 amide bonds. The highest BCUT2D eigenvalue weighted by atomic mass is 16.5. The summed E-state index contributed by atoms with van der Waals surface area (Å²) in [5, 5.41) is 8.71. The van der Waals surface area contributed by atoms with Crippen LogP contribution >= 0.6 is 0 Å². The fourth-order valence-corrected chi connectivity index (χ4v) is 4.65. The molecule has 1 atom stereocenters. The summed E-state index contributed by atoms with van der Waals surface area (Å²) in [7, 11) is 0. The van der Waals surface area contributed by atoms with E-state index in [0.29, 0.717) is 29.5 Å². The molecule has 0 unspecified atom stereocenters. The van der Waals surface area contributed by atoms with Crippen LogP contribution in [-0.4, -0.2) is 39.1 Å². The first kappa shape index (κ1) is 23.8. The van der Waals surface area contributed by atoms with Crippen molar-refractivity contribution in [2.75, 3.05) is 18.4 Å². The van der Waals surface area contributed by atoms with Crippen LogP contribution in [-0.2, 0) is 0 Å². The predicted molar refractivity (Wildman–Crippen MR) is 148 cm³/mol. The van der Waals surface area contributed by atoms with Gasteiger partial charge in [-0.05, 0) is 62.2 Å². The lowest BCUT2D eigenvalue weighted by Gasteiger charge is -2.23. The molecule has 2 N–H and O–H groups in total. The largest absolute Gasteiger partial charge is 0.438 e. The molecule has 0 bridgehead atoms. The van der Waals surface area contributed by atoms with E-state index in [2.05, 4.69) is 25.6 Å². The van der Waals surface area contributed by atoms with E-state index in [4.69, 9.17) is 14.5 Å². The number of anilines is 1. The van der Waals surface area contributed by atoms with Crippen LogP contribution in [0.3, 0.4) is 0 Å². The highest BCUT2D eigenvalue weighted by Gasteiger charge is 2.17. The summed E-state index contributed by atoms with van der Waals surface area (Å²) in [6, 6.07) is 21.6. The Balaban J connectivity index is 1.33. The molecule has 1 aliphatic rings. The van der Waals surface area contributed by atoms with Gasteiger partial charge in [0.1, 0.15) is 11.5 Å². The topological polar surface area (TPSA) is 94.1 Å². The molecule has 190 valence electrons. The number of aromatic nitrogens is 4. The Morgan fingerprint density at radius 1 is 0.842 bits per heavy atom. The van der Waals surface area contributed by atoms with Crippen molar-refractivity contribution in [3.05, 3.63) is 90.9 Å². The lowest BCUT2D eigenvalue weighted by atomic mass is 10.0. The minimum absolute atomic E-state index is 0.310. The van der Waals surface area contributed by atoms with Crippen molar-refractivity contribution < 1.29 is 9.47 Å². The third-order valence-corrected chi connectivity index (χ3v) is 6.55. The maximum Gasteiger partial charge on any atom is 0.228 e. The van der Waals surface area contributed by atoms with Crippen molar-refractivity contribution in [3.63, 3.8) is 0 Å². The number of ether oxygens (including phenoxy) is 2. The van der Waals surface area contributed by atoms with E-state index in [1.54, 1.807) is 18.6 Å². The molecule has 6 rings (SSSR count). The fraction of sp³-hybridized carbons (Fsp3) is 0.200. The van der Waals surface area contributed by atoms with Gasteiger partial charge in [-0.15, -0.1) is 0 Å². The third kappa shape index (κ3) is 5.12. The van der Waals surface area contributed by atoms with E-state index in [9.17, 15) is 0 Å². The quantitative estimate of drug-likeness (QED) is 0.273. The zero-order valence-electron chi connectivity index (χ0n) is 21.1. The van der Waals surface area contributed by atoms with Crippen LogP contribution in [0, 0.1) is 6.92 Å². The Morgan fingerprint density at radius 2 is 1.79 bits per heavy atom. The van der Waals surface area contributed by atoms with Gasteiger partial charge in [-0.3, -0.25) is 0 Å². The fourth-order valence-electron chi connectivity index (χ4n) is 4.65. The molecule has 38 heavy (non-hydrogen) atoms. The summed E-state index contributed by atoms with van der Waals surface area (Å²) in [6.07, 6.45) is 7.43. The first-order valence-corrected chi connectivity index (χ1v) is 12.8. The van der Waals surface area contributed by atoms with Crippen molar-refractivity contribution in [1.82, 2.24) is 25.3 Å². The van der Waals surface area contributed by atoms with Crippen LogP contribution in [0.4, 0.5) is 5.95 Å². The van der Waals surface area contributed by atoms with Gasteiger partial charge in [-0.1, -0.05) is 30.3 Å². The second kappa shape index (κ2) is 10.8. The molecule has 1 aliphatic heterocycles. The van der Waals surface area contributed by atoms with E-state index in [-0.39, 0.29) is 0 Å². The molecule has 3 aromatic heterocycles. The molecular formula is C30H28N6O2. The van der Waals surface area contributed by atoms with Gasteiger partial charge >= 0.3 is 0 Å². The van der Waals surface area contributed by atoms with Gasteiger partial charge in [0.25, 0.3) is 0 Å². The smallest absolute Gasteiger partial charge is 0.228 e. The van der Waals surface area contributed by atoms with Crippen molar-refractivity contribution in [2.24, 2.45) is 0 Å². The molecule has 4 heterocycles. The number of benzene rings is 2. The maximum absolute atomic E-state index is 6.53. The van der Waals surface area contributed by atoms with Crippen molar-refractivity contribution >= 4 is 16.7 Å². The Labute approximate surface area is 221 Å². The Morgan fingerprint density at radius 3 is 2.66 bits per heavy atom. The third-order valence-electron chi connectivity index (χ3n) is 6.55. The molecular weight excluding hydrogens is 476 g/mol. The van der Waals surface area contributed by atoms with Crippen LogP contribution in [0.2, 0.25) is 0 Å². The highest BCUT2D eigenvalue weighted by molar-refractivity contribution is 5.94. The lowest BCUT2D eigenvalue weighted by molar-refractivity contribution is 0.462. The Bertz CT molecular complexity index is 1550. The monoisotopic (exact) mass is 504 g/mol. The SMILES string of the molecule is Cc1ccc2c(Oc3ccccn3)cccc2c1Oc1ncccc1-c1ccnc(N[C@H]2CCCNC2)n1. The van der Waals surface area contributed by atoms with E-state index in [0.717, 1.165) is 59.3 Å². The van der Waals surface area contributed by atoms with E-state index in [1.165, 1.54) is 0 Å². The Hall–Kier alpha value is -4.56. The van der Waals surface area contributed by atoms with Crippen LogP contribution in [0.15, 0.2) is 85.3 Å². The van der Waals surface area contributed by atoms with Gasteiger partial charge in [-0.2, -0.15) is 0 Å². The van der Waals surface area contributed by atoms with Gasteiger partial charge in [0.15, 0.2) is 0 Å². The molecule has 2 aromatic carbocycles. The first-order chi connectivity index (χ1) is 18.7. The van der Waals surface area contributed by atoms with E-state index < -0.39 is 0 Å².